The summed E-state index contributed by atoms with van der Waals surface area (Å²) in [6.07, 6.45) is 2.97. The van der Waals surface area contributed by atoms with Gasteiger partial charge in [-0.2, -0.15) is 0 Å². The monoisotopic (exact) mass is 408 g/mol. The van der Waals surface area contributed by atoms with E-state index in [0.717, 1.165) is 10.9 Å². The van der Waals surface area contributed by atoms with Gasteiger partial charge in [-0.05, 0) is 19.1 Å². The van der Waals surface area contributed by atoms with E-state index < -0.39 is 0 Å². The number of aromatic nitrogens is 3. The van der Waals surface area contributed by atoms with E-state index in [1.165, 1.54) is 12.5 Å². The van der Waals surface area contributed by atoms with Gasteiger partial charge in [0.15, 0.2) is 11.5 Å². The summed E-state index contributed by atoms with van der Waals surface area (Å²) in [4.78, 5) is 12.7. The molecule has 142 valence electrons. The molecule has 1 aromatic carbocycles. The molecule has 3 aromatic rings. The van der Waals surface area contributed by atoms with Crippen LogP contribution in [0.4, 0.5) is 5.82 Å². The summed E-state index contributed by atoms with van der Waals surface area (Å²) < 4.78 is 16.4. The fourth-order valence-electron chi connectivity index (χ4n) is 2.49. The molecule has 0 bridgehead atoms. The Labute approximate surface area is 166 Å². The standard InChI is InChI=1S/C18H18Cl2N4O3/c1-10(8-27-18-13(20)4-11(19)7-21-18)24-17-12-5-15(25-2)16(26-3)6-14(12)22-9-23-17/h4-7,9-10H,8H2,1-3H3,(H,22,23,24). The van der Waals surface area contributed by atoms with Crippen LogP contribution in [0.15, 0.2) is 30.7 Å². The molecule has 0 saturated carbocycles. The Morgan fingerprint density at radius 1 is 1.04 bits per heavy atom. The van der Waals surface area contributed by atoms with Crippen LogP contribution >= 0.6 is 23.2 Å². The van der Waals surface area contributed by atoms with Gasteiger partial charge in [-0.25, -0.2) is 15.0 Å². The topological polar surface area (TPSA) is 78.4 Å². The molecule has 0 aliphatic rings. The molecular formula is C18H18Cl2N4O3. The highest BCUT2D eigenvalue weighted by molar-refractivity contribution is 6.35. The van der Waals surface area contributed by atoms with Crippen LogP contribution in [-0.2, 0) is 0 Å². The second-order valence-corrected chi connectivity index (χ2v) is 6.59. The zero-order valence-corrected chi connectivity index (χ0v) is 16.5. The first kappa shape index (κ1) is 19.3. The molecule has 1 N–H and O–H groups in total. The zero-order valence-electron chi connectivity index (χ0n) is 15.0. The van der Waals surface area contributed by atoms with Crippen molar-refractivity contribution in [3.63, 3.8) is 0 Å². The molecule has 1 atom stereocenters. The second-order valence-electron chi connectivity index (χ2n) is 5.74. The van der Waals surface area contributed by atoms with Crippen LogP contribution < -0.4 is 19.5 Å². The Balaban J connectivity index is 1.77. The molecule has 0 amide bonds. The molecule has 0 aliphatic carbocycles. The predicted molar refractivity (Wildman–Crippen MR) is 105 cm³/mol. The van der Waals surface area contributed by atoms with Crippen LogP contribution in [0.3, 0.4) is 0 Å². The minimum atomic E-state index is -0.0789. The molecule has 2 aromatic heterocycles. The third-order valence-corrected chi connectivity index (χ3v) is 4.25. The molecule has 3 rings (SSSR count). The van der Waals surface area contributed by atoms with Gasteiger partial charge >= 0.3 is 0 Å². The van der Waals surface area contributed by atoms with Crippen molar-refractivity contribution in [3.8, 4) is 17.4 Å². The Morgan fingerprint density at radius 3 is 2.48 bits per heavy atom. The van der Waals surface area contributed by atoms with Crippen LogP contribution in [-0.4, -0.2) is 41.8 Å². The van der Waals surface area contributed by atoms with Crippen molar-refractivity contribution >= 4 is 39.9 Å². The number of fused-ring (bicyclic) bond motifs is 1. The van der Waals surface area contributed by atoms with Crippen molar-refractivity contribution in [1.82, 2.24) is 15.0 Å². The average Bonchev–Trinajstić information content (AvgIpc) is 2.66. The number of nitrogens with one attached hydrogen (secondary N) is 1. The molecule has 0 aliphatic heterocycles. The molecular weight excluding hydrogens is 391 g/mol. The summed E-state index contributed by atoms with van der Waals surface area (Å²) in [6.45, 7) is 2.28. The smallest absolute Gasteiger partial charge is 0.232 e. The number of ether oxygens (including phenoxy) is 3. The van der Waals surface area contributed by atoms with Crippen molar-refractivity contribution in [2.24, 2.45) is 0 Å². The van der Waals surface area contributed by atoms with E-state index in [9.17, 15) is 0 Å². The van der Waals surface area contributed by atoms with E-state index in [1.807, 2.05) is 13.0 Å². The second kappa shape index (κ2) is 8.45. The Hall–Kier alpha value is -2.51. The number of halogens is 2. The lowest BCUT2D eigenvalue weighted by atomic mass is 10.2. The summed E-state index contributed by atoms with van der Waals surface area (Å²) in [5.74, 6) is 2.19. The number of nitrogens with zero attached hydrogens (tertiary/aromatic N) is 3. The third-order valence-electron chi connectivity index (χ3n) is 3.77. The normalized spacial score (nSPS) is 11.9. The maximum Gasteiger partial charge on any atom is 0.232 e. The van der Waals surface area contributed by atoms with E-state index in [0.29, 0.717) is 39.8 Å². The first-order valence-electron chi connectivity index (χ1n) is 8.09. The number of rotatable bonds is 7. The minimum Gasteiger partial charge on any atom is -0.493 e. The lowest BCUT2D eigenvalue weighted by Crippen LogP contribution is -2.24. The Bertz CT molecular complexity index is 955. The van der Waals surface area contributed by atoms with Crippen molar-refractivity contribution < 1.29 is 14.2 Å². The van der Waals surface area contributed by atoms with Crippen LogP contribution in [0.25, 0.3) is 10.9 Å². The highest BCUT2D eigenvalue weighted by Gasteiger charge is 2.13. The van der Waals surface area contributed by atoms with Gasteiger partial charge in [0.05, 0.1) is 30.8 Å². The molecule has 27 heavy (non-hydrogen) atoms. The van der Waals surface area contributed by atoms with E-state index in [4.69, 9.17) is 37.4 Å². The van der Waals surface area contributed by atoms with Gasteiger partial charge in [0, 0.05) is 17.6 Å². The van der Waals surface area contributed by atoms with Gasteiger partial charge in [-0.1, -0.05) is 23.2 Å². The molecule has 0 spiro atoms. The van der Waals surface area contributed by atoms with Gasteiger partial charge < -0.3 is 19.5 Å². The predicted octanol–water partition coefficient (Wildman–Crippen LogP) is 4.23. The lowest BCUT2D eigenvalue weighted by molar-refractivity contribution is 0.292. The molecule has 2 heterocycles. The van der Waals surface area contributed by atoms with Gasteiger partial charge in [-0.3, -0.25) is 0 Å². The molecule has 0 radical (unpaired) electrons. The maximum absolute atomic E-state index is 6.07. The van der Waals surface area contributed by atoms with Crippen molar-refractivity contribution in [1.29, 1.82) is 0 Å². The van der Waals surface area contributed by atoms with Crippen LogP contribution in [0, 0.1) is 0 Å². The highest BCUT2D eigenvalue weighted by atomic mass is 35.5. The average molecular weight is 409 g/mol. The third kappa shape index (κ3) is 4.43. The first-order chi connectivity index (χ1) is 13.0. The van der Waals surface area contributed by atoms with Crippen molar-refractivity contribution in [2.75, 3.05) is 26.1 Å². The quantitative estimate of drug-likeness (QED) is 0.626. The van der Waals surface area contributed by atoms with Gasteiger partial charge in [-0.15, -0.1) is 0 Å². The first-order valence-corrected chi connectivity index (χ1v) is 8.84. The molecule has 9 heteroatoms. The maximum atomic E-state index is 6.07. The van der Waals surface area contributed by atoms with Crippen LogP contribution in [0.2, 0.25) is 10.0 Å². The van der Waals surface area contributed by atoms with Crippen LogP contribution in [0.1, 0.15) is 6.92 Å². The van der Waals surface area contributed by atoms with Crippen molar-refractivity contribution in [3.05, 3.63) is 40.8 Å². The van der Waals surface area contributed by atoms with Crippen LogP contribution in [0.5, 0.6) is 17.4 Å². The fourth-order valence-corrected chi connectivity index (χ4v) is 2.92. The number of hydrogen-bond donors (Lipinski definition) is 1. The number of anilines is 1. The van der Waals surface area contributed by atoms with E-state index in [-0.39, 0.29) is 6.04 Å². The highest BCUT2D eigenvalue weighted by Crippen LogP contribution is 2.33. The van der Waals surface area contributed by atoms with E-state index in [1.54, 1.807) is 26.4 Å². The molecule has 0 saturated heterocycles. The Morgan fingerprint density at radius 2 is 1.78 bits per heavy atom. The van der Waals surface area contributed by atoms with Gasteiger partial charge in [0.2, 0.25) is 5.88 Å². The minimum absolute atomic E-state index is 0.0789. The number of benzene rings is 1. The molecule has 7 nitrogen and oxygen atoms in total. The SMILES string of the molecule is COc1cc2ncnc(NC(C)COc3ncc(Cl)cc3Cl)c2cc1OC. The van der Waals surface area contributed by atoms with Crippen molar-refractivity contribution in [2.45, 2.75) is 13.0 Å². The van der Waals surface area contributed by atoms with E-state index >= 15 is 0 Å². The summed E-state index contributed by atoms with van der Waals surface area (Å²) in [5.41, 5.74) is 0.737. The lowest BCUT2D eigenvalue weighted by Gasteiger charge is -2.17. The summed E-state index contributed by atoms with van der Waals surface area (Å²) in [7, 11) is 3.17. The summed E-state index contributed by atoms with van der Waals surface area (Å²) in [6, 6.07) is 5.15. The Kier molecular flexibility index (Phi) is 6.03. The van der Waals surface area contributed by atoms with Gasteiger partial charge in [0.1, 0.15) is 23.8 Å². The largest absolute Gasteiger partial charge is 0.493 e. The number of methoxy groups -OCH3 is 2. The molecule has 1 unspecified atom stereocenters. The number of pyridine rings is 1. The summed E-state index contributed by atoms with van der Waals surface area (Å²) in [5, 5.41) is 4.93. The summed E-state index contributed by atoms with van der Waals surface area (Å²) >= 11 is 11.9. The van der Waals surface area contributed by atoms with E-state index in [2.05, 4.69) is 20.3 Å². The molecule has 0 fully saturated rings. The number of hydrogen-bond acceptors (Lipinski definition) is 7. The van der Waals surface area contributed by atoms with Gasteiger partial charge in [0.25, 0.3) is 0 Å². The zero-order chi connectivity index (χ0) is 19.4. The fraction of sp³-hybridized carbons (Fsp3) is 0.278.